The van der Waals surface area contributed by atoms with Crippen LogP contribution >= 0.6 is 0 Å². The van der Waals surface area contributed by atoms with E-state index < -0.39 is 40.9 Å². The smallest absolute Gasteiger partial charge is 0.320 e. The number of esters is 3. The number of hydrogen-bond acceptors (Lipinski definition) is 6. The Hall–Kier alpha value is -1.43. The van der Waals surface area contributed by atoms with Crippen molar-refractivity contribution >= 4 is 17.9 Å². The second kappa shape index (κ2) is 8.35. The summed E-state index contributed by atoms with van der Waals surface area (Å²) in [4.78, 5) is 39.3. The molecule has 6 rings (SSSR count). The van der Waals surface area contributed by atoms with Gasteiger partial charge in [0.15, 0.2) is 0 Å². The molecule has 1 aliphatic heterocycles. The normalized spacial score (nSPS) is 41.8. The maximum atomic E-state index is 13.7. The van der Waals surface area contributed by atoms with Gasteiger partial charge >= 0.3 is 17.9 Å². The van der Waals surface area contributed by atoms with Gasteiger partial charge in [-0.3, -0.25) is 14.4 Å². The van der Waals surface area contributed by atoms with Crippen LogP contribution < -0.4 is 0 Å². The molecule has 1 saturated heterocycles. The first-order valence-electron chi connectivity index (χ1n) is 13.2. The van der Waals surface area contributed by atoms with Crippen molar-refractivity contribution in [3.05, 3.63) is 0 Å². The van der Waals surface area contributed by atoms with Gasteiger partial charge in [-0.2, -0.15) is 0 Å². The van der Waals surface area contributed by atoms with Gasteiger partial charge in [0.1, 0.15) is 5.60 Å². The van der Waals surface area contributed by atoms with Crippen molar-refractivity contribution in [3.63, 3.8) is 0 Å². The van der Waals surface area contributed by atoms with Gasteiger partial charge in [0.05, 0.1) is 29.5 Å². The number of cyclic esters (lactones) is 2. The van der Waals surface area contributed by atoms with Crippen LogP contribution in [0.1, 0.15) is 91.9 Å². The fraction of sp³-hybridized carbons (Fsp3) is 0.889. The standard InChI is InChI=1S/C27H40O6/c1-15(31-20-8-6-5-7-9-20)21-22(24(29)32-23(21)28)26(2,3)25(30)33-27(4)18-11-16-10-17(13-18)14-19(27)12-16/h15-22H,5-14H2,1-4H3. The molecular weight excluding hydrogens is 420 g/mol. The lowest BCUT2D eigenvalue weighted by atomic mass is 9.50. The minimum atomic E-state index is -1.17. The fourth-order valence-corrected chi connectivity index (χ4v) is 8.05. The van der Waals surface area contributed by atoms with E-state index in [4.69, 9.17) is 14.2 Å². The first-order chi connectivity index (χ1) is 15.6. The molecule has 6 aliphatic rings. The van der Waals surface area contributed by atoms with E-state index in [1.54, 1.807) is 13.8 Å². The Morgan fingerprint density at radius 2 is 1.55 bits per heavy atom. The second-order valence-electron chi connectivity index (χ2n) is 12.4. The van der Waals surface area contributed by atoms with E-state index in [2.05, 4.69) is 6.92 Å². The Morgan fingerprint density at radius 3 is 2.12 bits per heavy atom. The quantitative estimate of drug-likeness (QED) is 0.417. The molecule has 4 bridgehead atoms. The van der Waals surface area contributed by atoms with Gasteiger partial charge in [-0.1, -0.05) is 19.3 Å². The summed E-state index contributed by atoms with van der Waals surface area (Å²) in [6.45, 7) is 7.42. The zero-order valence-corrected chi connectivity index (χ0v) is 20.6. The summed E-state index contributed by atoms with van der Waals surface area (Å²) in [6.07, 6.45) is 10.9. The van der Waals surface area contributed by atoms with E-state index in [9.17, 15) is 14.4 Å². The van der Waals surface area contributed by atoms with Crippen molar-refractivity contribution in [1.29, 1.82) is 0 Å². The predicted octanol–water partition coefficient (Wildman–Crippen LogP) is 4.82. The van der Waals surface area contributed by atoms with Gasteiger partial charge in [-0.25, -0.2) is 0 Å². The fourth-order valence-electron chi connectivity index (χ4n) is 8.05. The summed E-state index contributed by atoms with van der Waals surface area (Å²) in [7, 11) is 0. The van der Waals surface area contributed by atoms with Crippen LogP contribution in [0, 0.1) is 40.9 Å². The minimum absolute atomic E-state index is 0.0972. The highest BCUT2D eigenvalue weighted by Crippen LogP contribution is 2.60. The van der Waals surface area contributed by atoms with Crippen molar-refractivity contribution in [3.8, 4) is 0 Å². The van der Waals surface area contributed by atoms with Crippen LogP contribution in [0.5, 0.6) is 0 Å². The highest BCUT2D eigenvalue weighted by Gasteiger charge is 2.61. The zero-order chi connectivity index (χ0) is 23.5. The minimum Gasteiger partial charge on any atom is -0.458 e. The van der Waals surface area contributed by atoms with Crippen LogP contribution in [0.2, 0.25) is 0 Å². The molecule has 1 heterocycles. The highest BCUT2D eigenvalue weighted by atomic mass is 16.6. The zero-order valence-electron chi connectivity index (χ0n) is 20.6. The Labute approximate surface area is 197 Å². The van der Waals surface area contributed by atoms with E-state index in [1.165, 1.54) is 12.8 Å². The summed E-state index contributed by atoms with van der Waals surface area (Å²) >= 11 is 0. The lowest BCUT2D eigenvalue weighted by Gasteiger charge is -2.59. The first-order valence-corrected chi connectivity index (χ1v) is 13.2. The second-order valence-corrected chi connectivity index (χ2v) is 12.4. The molecule has 0 aromatic rings. The molecular formula is C27H40O6. The van der Waals surface area contributed by atoms with Gasteiger partial charge < -0.3 is 14.2 Å². The van der Waals surface area contributed by atoms with Gasteiger partial charge in [-0.15, -0.1) is 0 Å². The van der Waals surface area contributed by atoms with E-state index in [0.29, 0.717) is 11.8 Å². The van der Waals surface area contributed by atoms with Crippen LogP contribution in [0.4, 0.5) is 0 Å². The Balaban J connectivity index is 1.33. The Bertz CT molecular complexity index is 781. The Kier molecular flexibility index (Phi) is 5.90. The van der Waals surface area contributed by atoms with E-state index in [0.717, 1.165) is 63.2 Å². The number of carbonyl (C=O) groups is 3. The third kappa shape index (κ3) is 3.94. The molecule has 5 aliphatic carbocycles. The van der Waals surface area contributed by atoms with E-state index in [1.807, 2.05) is 6.92 Å². The van der Waals surface area contributed by atoms with E-state index in [-0.39, 0.29) is 12.1 Å². The average molecular weight is 461 g/mol. The topological polar surface area (TPSA) is 78.9 Å². The first kappa shape index (κ1) is 23.3. The molecule has 3 atom stereocenters. The van der Waals surface area contributed by atoms with Gasteiger partial charge in [0, 0.05) is 0 Å². The number of carbonyl (C=O) groups excluding carboxylic acids is 3. The monoisotopic (exact) mass is 460 g/mol. The third-order valence-electron chi connectivity index (χ3n) is 9.93. The number of ether oxygens (including phenoxy) is 3. The van der Waals surface area contributed by atoms with Crippen LogP contribution in [-0.2, 0) is 28.6 Å². The number of hydrogen-bond donors (Lipinski definition) is 0. The molecule has 33 heavy (non-hydrogen) atoms. The average Bonchev–Trinajstić information content (AvgIpc) is 3.06. The van der Waals surface area contributed by atoms with Crippen molar-refractivity contribution in [2.45, 2.75) is 110 Å². The molecule has 3 unspecified atom stereocenters. The molecule has 184 valence electrons. The van der Waals surface area contributed by atoms with E-state index >= 15 is 0 Å². The SMILES string of the molecule is CC(OC1CCCCC1)C1C(=O)OC(=O)C1C(C)(C)C(=O)OC1(C)C2CC3CC(C2)CC1C3. The molecule has 0 amide bonds. The van der Waals surface area contributed by atoms with Crippen molar-refractivity contribution < 1.29 is 28.6 Å². The molecule has 0 aromatic carbocycles. The van der Waals surface area contributed by atoms with Gasteiger partial charge in [0.25, 0.3) is 0 Å². The van der Waals surface area contributed by atoms with Crippen molar-refractivity contribution in [1.82, 2.24) is 0 Å². The maximum Gasteiger partial charge on any atom is 0.320 e. The largest absolute Gasteiger partial charge is 0.458 e. The van der Waals surface area contributed by atoms with Crippen LogP contribution in [0.3, 0.4) is 0 Å². The van der Waals surface area contributed by atoms with Crippen LogP contribution in [0.15, 0.2) is 0 Å². The van der Waals surface area contributed by atoms with Crippen molar-refractivity contribution in [2.75, 3.05) is 0 Å². The lowest BCUT2D eigenvalue weighted by molar-refractivity contribution is -0.214. The summed E-state index contributed by atoms with van der Waals surface area (Å²) in [5.74, 6) is -0.913. The molecule has 6 heteroatoms. The van der Waals surface area contributed by atoms with Gasteiger partial charge in [-0.05, 0) is 96.3 Å². The number of rotatable bonds is 6. The molecule has 5 saturated carbocycles. The maximum absolute atomic E-state index is 13.7. The highest BCUT2D eigenvalue weighted by molar-refractivity contribution is 6.00. The summed E-state index contributed by atoms with van der Waals surface area (Å²) in [5.41, 5.74) is -1.65. The lowest BCUT2D eigenvalue weighted by Crippen LogP contribution is -2.59. The third-order valence-corrected chi connectivity index (χ3v) is 9.93. The Morgan fingerprint density at radius 1 is 0.970 bits per heavy atom. The molecule has 0 aromatic heterocycles. The molecule has 0 N–H and O–H groups in total. The molecule has 6 nitrogen and oxygen atoms in total. The molecule has 6 fully saturated rings. The van der Waals surface area contributed by atoms with Crippen LogP contribution in [0.25, 0.3) is 0 Å². The molecule has 0 spiro atoms. The summed E-state index contributed by atoms with van der Waals surface area (Å²) in [6, 6.07) is 0. The summed E-state index contributed by atoms with van der Waals surface area (Å²) < 4.78 is 17.7. The predicted molar refractivity (Wildman–Crippen MR) is 121 cm³/mol. The van der Waals surface area contributed by atoms with Crippen LogP contribution in [-0.4, -0.2) is 35.7 Å². The summed E-state index contributed by atoms with van der Waals surface area (Å²) in [5, 5.41) is 0. The molecule has 0 radical (unpaired) electrons. The van der Waals surface area contributed by atoms with Gasteiger partial charge in [0.2, 0.25) is 0 Å². The van der Waals surface area contributed by atoms with Crippen molar-refractivity contribution in [2.24, 2.45) is 40.9 Å².